The maximum atomic E-state index is 11.9. The zero-order valence-electron chi connectivity index (χ0n) is 19.9. The average Bonchev–Trinajstić information content (AvgIpc) is 3.37. The van der Waals surface area contributed by atoms with E-state index in [1.807, 2.05) is 24.3 Å². The fourth-order valence-corrected chi connectivity index (χ4v) is 4.30. The summed E-state index contributed by atoms with van der Waals surface area (Å²) in [7, 11) is 2.86. The smallest absolute Gasteiger partial charge is 0.337 e. The Kier molecular flexibility index (Phi) is 6.56. The van der Waals surface area contributed by atoms with E-state index in [0.29, 0.717) is 58.3 Å². The van der Waals surface area contributed by atoms with Gasteiger partial charge in [-0.2, -0.15) is 5.26 Å². The van der Waals surface area contributed by atoms with Gasteiger partial charge in [0, 0.05) is 30.7 Å². The molecule has 1 aliphatic rings. The van der Waals surface area contributed by atoms with E-state index in [0.717, 1.165) is 24.0 Å². The lowest BCUT2D eigenvalue weighted by Gasteiger charge is -2.23. The van der Waals surface area contributed by atoms with Gasteiger partial charge in [0.05, 0.1) is 44.1 Å². The number of carbonyl (C=O) groups is 1. The van der Waals surface area contributed by atoms with Crippen molar-refractivity contribution in [2.24, 2.45) is 0 Å². The van der Waals surface area contributed by atoms with Crippen LogP contribution >= 0.6 is 0 Å². The topological polar surface area (TPSA) is 104 Å². The number of ether oxygens (including phenoxy) is 4. The van der Waals surface area contributed by atoms with Gasteiger partial charge in [0.1, 0.15) is 34.9 Å². The molecule has 0 saturated carbocycles. The first-order valence-electron chi connectivity index (χ1n) is 11.6. The van der Waals surface area contributed by atoms with Gasteiger partial charge >= 0.3 is 5.97 Å². The molecular weight excluding hydrogens is 460 g/mol. The van der Waals surface area contributed by atoms with Gasteiger partial charge in [-0.15, -0.1) is 0 Å². The lowest BCUT2D eigenvalue weighted by Crippen LogP contribution is -2.26. The van der Waals surface area contributed by atoms with Crippen LogP contribution in [0.25, 0.3) is 33.6 Å². The third-order valence-electron chi connectivity index (χ3n) is 6.17. The van der Waals surface area contributed by atoms with Crippen molar-refractivity contribution in [1.82, 2.24) is 4.98 Å². The number of hydrogen-bond acceptors (Lipinski definition) is 8. The molecule has 8 nitrogen and oxygen atoms in total. The zero-order valence-corrected chi connectivity index (χ0v) is 19.9. The van der Waals surface area contributed by atoms with Gasteiger partial charge in [0.25, 0.3) is 0 Å². The van der Waals surface area contributed by atoms with Crippen molar-refractivity contribution in [3.63, 3.8) is 0 Å². The lowest BCUT2D eigenvalue weighted by molar-refractivity contribution is 0.0254. The van der Waals surface area contributed by atoms with Gasteiger partial charge in [0.2, 0.25) is 0 Å². The minimum Gasteiger partial charge on any atom is -0.496 e. The number of fused-ring (bicyclic) bond motifs is 1. The number of nitriles is 1. The van der Waals surface area contributed by atoms with E-state index in [4.69, 9.17) is 23.4 Å². The molecule has 36 heavy (non-hydrogen) atoms. The Labute approximate surface area is 208 Å². The lowest BCUT2D eigenvalue weighted by atomic mass is 10.0. The van der Waals surface area contributed by atoms with E-state index in [9.17, 15) is 10.1 Å². The first-order valence-corrected chi connectivity index (χ1v) is 11.6. The molecule has 0 radical (unpaired) electrons. The van der Waals surface area contributed by atoms with Crippen LogP contribution in [0.1, 0.15) is 28.8 Å². The first-order chi connectivity index (χ1) is 17.6. The van der Waals surface area contributed by atoms with Crippen LogP contribution < -0.4 is 9.47 Å². The second kappa shape index (κ2) is 10.1. The van der Waals surface area contributed by atoms with Crippen LogP contribution in [0.3, 0.4) is 0 Å². The van der Waals surface area contributed by atoms with Crippen molar-refractivity contribution >= 4 is 17.1 Å². The minimum absolute atomic E-state index is 0.0394. The number of pyridine rings is 1. The molecule has 0 unspecified atom stereocenters. The Hall–Kier alpha value is -4.35. The summed E-state index contributed by atoms with van der Waals surface area (Å²) in [5.74, 6) is 1.12. The van der Waals surface area contributed by atoms with Crippen LogP contribution in [-0.2, 0) is 9.47 Å². The summed E-state index contributed by atoms with van der Waals surface area (Å²) in [6, 6.07) is 16.5. The van der Waals surface area contributed by atoms with Crippen LogP contribution in [0.5, 0.6) is 11.5 Å². The van der Waals surface area contributed by atoms with Gasteiger partial charge in [0.15, 0.2) is 5.58 Å². The number of carbonyl (C=O) groups excluding carboxylic acids is 1. The van der Waals surface area contributed by atoms with Crippen molar-refractivity contribution < 1.29 is 28.2 Å². The number of aromatic nitrogens is 1. The molecule has 0 bridgehead atoms. The van der Waals surface area contributed by atoms with Crippen molar-refractivity contribution in [2.75, 3.05) is 27.4 Å². The Morgan fingerprint density at radius 1 is 1.03 bits per heavy atom. The standard InChI is InChI=1S/C28H24N2O6/c1-32-25-14-18(28(31)33-2)3-5-22(25)26-15-23-27(36-26)21(7-10-30-23)17-4-6-24(19(13-17)16-29)35-20-8-11-34-12-9-20/h3-7,10,13-15,20H,8-9,11-12H2,1-2H3. The molecule has 0 atom stereocenters. The Morgan fingerprint density at radius 3 is 2.61 bits per heavy atom. The van der Waals surface area contributed by atoms with Crippen LogP contribution in [0.4, 0.5) is 0 Å². The molecule has 182 valence electrons. The average molecular weight is 485 g/mol. The Balaban J connectivity index is 1.52. The van der Waals surface area contributed by atoms with Crippen LogP contribution in [0, 0.1) is 11.3 Å². The Morgan fingerprint density at radius 2 is 1.86 bits per heavy atom. The van der Waals surface area contributed by atoms with Crippen LogP contribution in [0.2, 0.25) is 0 Å². The van der Waals surface area contributed by atoms with E-state index >= 15 is 0 Å². The molecule has 1 fully saturated rings. The molecule has 4 aromatic rings. The predicted octanol–water partition coefficient (Wildman–Crippen LogP) is 5.39. The van der Waals surface area contributed by atoms with Crippen molar-refractivity contribution in [1.29, 1.82) is 5.26 Å². The normalized spacial score (nSPS) is 13.8. The fourth-order valence-electron chi connectivity index (χ4n) is 4.30. The predicted molar refractivity (Wildman–Crippen MR) is 132 cm³/mol. The number of hydrogen-bond donors (Lipinski definition) is 0. The molecule has 3 heterocycles. The van der Waals surface area contributed by atoms with Gasteiger partial charge in [-0.25, -0.2) is 4.79 Å². The third kappa shape index (κ3) is 4.49. The molecule has 5 rings (SSSR count). The van der Waals surface area contributed by atoms with E-state index in [1.54, 1.807) is 30.5 Å². The summed E-state index contributed by atoms with van der Waals surface area (Å²) in [5, 5.41) is 9.79. The largest absolute Gasteiger partial charge is 0.496 e. The highest BCUT2D eigenvalue weighted by atomic mass is 16.5. The van der Waals surface area contributed by atoms with Crippen molar-refractivity contribution in [3.05, 3.63) is 65.9 Å². The maximum absolute atomic E-state index is 11.9. The van der Waals surface area contributed by atoms with Crippen molar-refractivity contribution in [3.8, 4) is 40.0 Å². The van der Waals surface area contributed by atoms with E-state index in [-0.39, 0.29) is 6.10 Å². The molecule has 0 aliphatic carbocycles. The van der Waals surface area contributed by atoms with Crippen LogP contribution in [0.15, 0.2) is 59.1 Å². The molecule has 2 aromatic carbocycles. The quantitative estimate of drug-likeness (QED) is 0.336. The van der Waals surface area contributed by atoms with Crippen molar-refractivity contribution in [2.45, 2.75) is 18.9 Å². The van der Waals surface area contributed by atoms with Gasteiger partial charge in [-0.05, 0) is 42.0 Å². The number of nitrogens with zero attached hydrogens (tertiary/aromatic N) is 2. The zero-order chi connectivity index (χ0) is 25.1. The first kappa shape index (κ1) is 23.4. The van der Waals surface area contributed by atoms with Gasteiger partial charge in [-0.1, -0.05) is 6.07 Å². The molecule has 0 amide bonds. The highest BCUT2D eigenvalue weighted by molar-refractivity contribution is 5.94. The third-order valence-corrected chi connectivity index (χ3v) is 6.17. The molecule has 0 spiro atoms. The molecule has 0 N–H and O–H groups in total. The number of methoxy groups -OCH3 is 2. The second-order valence-corrected chi connectivity index (χ2v) is 8.34. The summed E-state index contributed by atoms with van der Waals surface area (Å²) >= 11 is 0. The van der Waals surface area contributed by atoms with Gasteiger partial charge < -0.3 is 23.4 Å². The van der Waals surface area contributed by atoms with E-state index in [1.165, 1.54) is 14.2 Å². The SMILES string of the molecule is COC(=O)c1ccc(-c2cc3nccc(-c4ccc(OC5CCOCC5)c(C#N)c4)c3o2)c(OC)c1. The highest BCUT2D eigenvalue weighted by Gasteiger charge is 2.20. The van der Waals surface area contributed by atoms with Gasteiger partial charge in [-0.3, -0.25) is 4.98 Å². The number of rotatable bonds is 6. The summed E-state index contributed by atoms with van der Waals surface area (Å²) in [6.07, 6.45) is 3.35. The number of benzene rings is 2. The summed E-state index contributed by atoms with van der Waals surface area (Å²) in [4.78, 5) is 16.4. The summed E-state index contributed by atoms with van der Waals surface area (Å²) in [5.41, 5.74) is 4.34. The van der Waals surface area contributed by atoms with E-state index in [2.05, 4.69) is 11.1 Å². The summed E-state index contributed by atoms with van der Waals surface area (Å²) < 4.78 is 28.0. The number of furan rings is 1. The maximum Gasteiger partial charge on any atom is 0.337 e. The minimum atomic E-state index is -0.453. The molecular formula is C28H24N2O6. The summed E-state index contributed by atoms with van der Waals surface area (Å²) in [6.45, 7) is 1.33. The van der Waals surface area contributed by atoms with E-state index < -0.39 is 5.97 Å². The Bertz CT molecular complexity index is 1460. The molecule has 2 aromatic heterocycles. The fraction of sp³-hybridized carbons (Fsp3) is 0.250. The molecule has 8 heteroatoms. The molecule has 1 saturated heterocycles. The number of esters is 1. The monoisotopic (exact) mass is 484 g/mol. The highest BCUT2D eigenvalue weighted by Crippen LogP contribution is 2.38. The van der Waals surface area contributed by atoms with Crippen LogP contribution in [-0.4, -0.2) is 44.5 Å². The molecule has 1 aliphatic heterocycles. The second-order valence-electron chi connectivity index (χ2n) is 8.34.